The van der Waals surface area contributed by atoms with Crippen LogP contribution in [0.1, 0.15) is 21.7 Å². The molecule has 2 heterocycles. The highest BCUT2D eigenvalue weighted by molar-refractivity contribution is 7.10. The largest absolute Gasteiger partial charge is 0.351 e. The van der Waals surface area contributed by atoms with Crippen LogP contribution in [0.25, 0.3) is 23.1 Å². The number of aromatic amines is 1. The molecule has 2 aromatic carbocycles. The Labute approximate surface area is 183 Å². The van der Waals surface area contributed by atoms with Crippen LogP contribution in [0.2, 0.25) is 0 Å². The number of amides is 3. The van der Waals surface area contributed by atoms with Crippen molar-refractivity contribution in [1.82, 2.24) is 10.2 Å². The average Bonchev–Trinajstić information content (AvgIpc) is 3.36. The van der Waals surface area contributed by atoms with Crippen molar-refractivity contribution < 1.29 is 9.59 Å². The molecule has 0 bridgehead atoms. The number of nitrogens with two attached hydrogens (primary N) is 1. The van der Waals surface area contributed by atoms with Gasteiger partial charge in [0.15, 0.2) is 0 Å². The number of hydrogen-bond acceptors (Lipinski definition) is 4. The number of aromatic nitrogens is 2. The highest BCUT2D eigenvalue weighted by atomic mass is 32.1. The predicted molar refractivity (Wildman–Crippen MR) is 126 cm³/mol. The van der Waals surface area contributed by atoms with Gasteiger partial charge in [-0.15, -0.1) is 11.3 Å². The number of primary amides is 1. The Morgan fingerprint density at radius 1 is 1.13 bits per heavy atom. The number of benzene rings is 2. The molecule has 0 fully saturated rings. The predicted octanol–water partition coefficient (Wildman–Crippen LogP) is 4.78. The third-order valence-electron chi connectivity index (χ3n) is 4.71. The van der Waals surface area contributed by atoms with Gasteiger partial charge in [0.1, 0.15) is 0 Å². The molecule has 156 valence electrons. The monoisotopic (exact) mass is 431 g/mol. The molecular weight excluding hydrogens is 410 g/mol. The van der Waals surface area contributed by atoms with Crippen LogP contribution in [0.3, 0.4) is 0 Å². The van der Waals surface area contributed by atoms with Crippen molar-refractivity contribution in [1.29, 1.82) is 0 Å². The van der Waals surface area contributed by atoms with Gasteiger partial charge in [-0.05, 0) is 59.8 Å². The molecule has 0 aliphatic heterocycles. The normalized spacial score (nSPS) is 11.1. The minimum atomic E-state index is -0.608. The Kier molecular flexibility index (Phi) is 5.81. The lowest BCUT2D eigenvalue weighted by Crippen LogP contribution is -2.19. The van der Waals surface area contributed by atoms with Crippen molar-refractivity contribution in [2.24, 2.45) is 5.73 Å². The van der Waals surface area contributed by atoms with Gasteiger partial charge in [0.2, 0.25) is 5.91 Å². The van der Waals surface area contributed by atoms with Crippen molar-refractivity contribution in [3.63, 3.8) is 0 Å². The summed E-state index contributed by atoms with van der Waals surface area (Å²) >= 11 is 1.57. The van der Waals surface area contributed by atoms with E-state index in [0.717, 1.165) is 38.3 Å². The molecule has 7 nitrogen and oxygen atoms in total. The number of nitrogens with zero attached hydrogens (tertiary/aromatic N) is 1. The smallest absolute Gasteiger partial charge is 0.316 e. The van der Waals surface area contributed by atoms with Crippen molar-refractivity contribution in [2.75, 3.05) is 10.6 Å². The zero-order valence-corrected chi connectivity index (χ0v) is 17.6. The molecule has 31 heavy (non-hydrogen) atoms. The second kappa shape index (κ2) is 8.85. The fourth-order valence-corrected chi connectivity index (χ4v) is 3.96. The van der Waals surface area contributed by atoms with Crippen molar-refractivity contribution >= 4 is 57.7 Å². The van der Waals surface area contributed by atoms with E-state index in [1.165, 1.54) is 0 Å². The van der Waals surface area contributed by atoms with Gasteiger partial charge in [-0.25, -0.2) is 4.79 Å². The molecule has 4 aromatic rings. The van der Waals surface area contributed by atoms with Gasteiger partial charge in [-0.3, -0.25) is 9.89 Å². The molecule has 0 aliphatic rings. The van der Waals surface area contributed by atoms with Crippen molar-refractivity contribution in [3.05, 3.63) is 75.6 Å². The summed E-state index contributed by atoms with van der Waals surface area (Å²) in [6.45, 7) is 1.95. The van der Waals surface area contributed by atoms with E-state index in [2.05, 4.69) is 20.8 Å². The Bertz CT molecular complexity index is 1270. The summed E-state index contributed by atoms with van der Waals surface area (Å²) in [6.07, 6.45) is 4.13. The molecule has 0 radical (unpaired) electrons. The Morgan fingerprint density at radius 2 is 2.00 bits per heavy atom. The van der Waals surface area contributed by atoms with Crippen LogP contribution in [-0.4, -0.2) is 22.1 Å². The number of rotatable bonds is 6. The van der Waals surface area contributed by atoms with Crippen molar-refractivity contribution in [3.8, 4) is 0 Å². The van der Waals surface area contributed by atoms with Crippen LogP contribution < -0.4 is 16.4 Å². The van der Waals surface area contributed by atoms with Crippen LogP contribution in [0.15, 0.2) is 53.9 Å². The number of fused-ring (bicyclic) bond motifs is 1. The van der Waals surface area contributed by atoms with Crippen LogP contribution in [0.5, 0.6) is 0 Å². The highest BCUT2D eigenvalue weighted by Gasteiger charge is 2.11. The molecule has 0 aliphatic carbocycles. The number of H-pyrrole nitrogens is 1. The third-order valence-corrected chi connectivity index (χ3v) is 5.59. The SMILES string of the molecule is Cc1cc2[nH]nc(/C=C/c3cccc(NC(N)=O)c3)c2cc1NC(=O)Cc1cccs1. The maximum Gasteiger partial charge on any atom is 0.316 e. The number of urea groups is 1. The van der Waals surface area contributed by atoms with Gasteiger partial charge >= 0.3 is 6.03 Å². The van der Waals surface area contributed by atoms with Gasteiger partial charge in [0, 0.05) is 21.6 Å². The minimum absolute atomic E-state index is 0.0516. The molecule has 5 N–H and O–H groups in total. The number of carbonyl (C=O) groups excluding carboxylic acids is 2. The maximum absolute atomic E-state index is 12.4. The third kappa shape index (κ3) is 4.99. The van der Waals surface area contributed by atoms with E-state index < -0.39 is 6.03 Å². The first-order valence-electron chi connectivity index (χ1n) is 9.63. The lowest BCUT2D eigenvalue weighted by atomic mass is 10.1. The van der Waals surface area contributed by atoms with Crippen LogP contribution >= 0.6 is 11.3 Å². The number of carbonyl (C=O) groups is 2. The molecule has 0 unspecified atom stereocenters. The second-order valence-corrected chi connectivity index (χ2v) is 8.11. The first-order chi connectivity index (χ1) is 15.0. The van der Waals surface area contributed by atoms with E-state index >= 15 is 0 Å². The zero-order valence-electron chi connectivity index (χ0n) is 16.8. The minimum Gasteiger partial charge on any atom is -0.351 e. The topological polar surface area (TPSA) is 113 Å². The van der Waals surface area contributed by atoms with E-state index in [1.54, 1.807) is 17.4 Å². The Balaban J connectivity index is 1.56. The summed E-state index contributed by atoms with van der Waals surface area (Å²) in [4.78, 5) is 24.5. The molecule has 0 atom stereocenters. The molecular formula is C23H21N5O2S. The highest BCUT2D eigenvalue weighted by Crippen LogP contribution is 2.26. The summed E-state index contributed by atoms with van der Waals surface area (Å²) in [6, 6.07) is 14.5. The summed E-state index contributed by atoms with van der Waals surface area (Å²) in [7, 11) is 0. The molecule has 4 rings (SSSR count). The number of nitrogens with one attached hydrogen (secondary N) is 3. The summed E-state index contributed by atoms with van der Waals surface area (Å²) in [5, 5.41) is 15.9. The van der Waals surface area contributed by atoms with E-state index in [0.29, 0.717) is 12.1 Å². The fourth-order valence-electron chi connectivity index (χ4n) is 3.26. The molecule has 0 spiro atoms. The standard InChI is InChI=1S/C23H21N5O2S/c1-14-10-21-18(13-20(14)26-22(29)12-17-6-3-9-31-17)19(27-28-21)8-7-15-4-2-5-16(11-15)25-23(24)30/h2-11,13H,12H2,1H3,(H,26,29)(H,27,28)(H3,24,25,30)/b8-7+. The molecule has 0 saturated carbocycles. The van der Waals surface area contributed by atoms with Crippen LogP contribution in [0.4, 0.5) is 16.2 Å². The number of aryl methyl sites for hydroxylation is 1. The fraction of sp³-hybridized carbons (Fsp3) is 0.0870. The van der Waals surface area contributed by atoms with Crippen molar-refractivity contribution in [2.45, 2.75) is 13.3 Å². The molecule has 2 aromatic heterocycles. The van der Waals surface area contributed by atoms with Crippen LogP contribution in [-0.2, 0) is 11.2 Å². The quantitative estimate of drug-likeness (QED) is 0.352. The Hall–Kier alpha value is -3.91. The zero-order chi connectivity index (χ0) is 21.8. The van der Waals surface area contributed by atoms with Crippen LogP contribution in [0, 0.1) is 6.92 Å². The maximum atomic E-state index is 12.4. The molecule has 8 heteroatoms. The van der Waals surface area contributed by atoms with E-state index in [1.807, 2.05) is 66.9 Å². The van der Waals surface area contributed by atoms with Gasteiger partial charge in [-0.2, -0.15) is 5.10 Å². The summed E-state index contributed by atoms with van der Waals surface area (Å²) in [5.41, 5.74) is 10.0. The molecule has 0 saturated heterocycles. The van der Waals surface area contributed by atoms with Gasteiger partial charge in [-0.1, -0.05) is 24.3 Å². The lowest BCUT2D eigenvalue weighted by Gasteiger charge is -2.08. The first-order valence-corrected chi connectivity index (χ1v) is 10.5. The summed E-state index contributed by atoms with van der Waals surface area (Å²) in [5.74, 6) is -0.0516. The lowest BCUT2D eigenvalue weighted by molar-refractivity contribution is -0.115. The average molecular weight is 432 g/mol. The van der Waals surface area contributed by atoms with E-state index in [4.69, 9.17) is 5.73 Å². The van der Waals surface area contributed by atoms with E-state index in [-0.39, 0.29) is 5.91 Å². The summed E-state index contributed by atoms with van der Waals surface area (Å²) < 4.78 is 0. The second-order valence-electron chi connectivity index (χ2n) is 7.07. The molecule has 3 amide bonds. The number of hydrogen-bond donors (Lipinski definition) is 4. The van der Waals surface area contributed by atoms with Gasteiger partial charge < -0.3 is 16.4 Å². The number of thiophene rings is 1. The van der Waals surface area contributed by atoms with Gasteiger partial charge in [0.25, 0.3) is 0 Å². The van der Waals surface area contributed by atoms with Gasteiger partial charge in [0.05, 0.1) is 17.6 Å². The first kappa shape index (κ1) is 20.4. The number of anilines is 2. The van der Waals surface area contributed by atoms with E-state index in [9.17, 15) is 9.59 Å². The Morgan fingerprint density at radius 3 is 2.77 bits per heavy atom.